The van der Waals surface area contributed by atoms with Crippen LogP contribution in [0.2, 0.25) is 0 Å². The monoisotopic (exact) mass is 300 g/mol. The highest BCUT2D eigenvalue weighted by molar-refractivity contribution is 7.98. The standard InChI is InChI=1S/C14H21FN2O2S/c1-6-14(5,16-20-13(2,3)4)11-9-10(17(18)19)7-8-12(11)15/h7-9,16H,6H2,1-5H3/t14-/m0/s1. The molecule has 112 valence electrons. The molecule has 1 atom stereocenters. The number of hydrogen-bond donors (Lipinski definition) is 1. The van der Waals surface area contributed by atoms with E-state index in [4.69, 9.17) is 0 Å². The Morgan fingerprint density at radius 2 is 1.95 bits per heavy atom. The molecule has 0 saturated carbocycles. The van der Waals surface area contributed by atoms with Crippen LogP contribution in [-0.2, 0) is 5.54 Å². The number of halogens is 1. The van der Waals surface area contributed by atoms with Crippen molar-refractivity contribution in [1.82, 2.24) is 4.72 Å². The zero-order valence-electron chi connectivity index (χ0n) is 12.5. The summed E-state index contributed by atoms with van der Waals surface area (Å²) in [5, 5.41) is 10.9. The molecule has 1 aromatic rings. The third-order valence-corrected chi connectivity index (χ3v) is 4.21. The summed E-state index contributed by atoms with van der Waals surface area (Å²) in [6.45, 7) is 9.92. The first-order chi connectivity index (χ1) is 9.09. The maximum atomic E-state index is 14.1. The van der Waals surface area contributed by atoms with Crippen LogP contribution in [0.15, 0.2) is 18.2 Å². The molecule has 0 aliphatic heterocycles. The van der Waals surface area contributed by atoms with Gasteiger partial charge >= 0.3 is 0 Å². The number of benzene rings is 1. The van der Waals surface area contributed by atoms with Gasteiger partial charge in [-0.1, -0.05) is 18.9 Å². The van der Waals surface area contributed by atoms with Crippen LogP contribution in [0.25, 0.3) is 0 Å². The second-order valence-electron chi connectivity index (χ2n) is 5.92. The van der Waals surface area contributed by atoms with Gasteiger partial charge in [-0.2, -0.15) is 0 Å². The molecule has 0 saturated heterocycles. The van der Waals surface area contributed by atoms with Gasteiger partial charge in [0.2, 0.25) is 0 Å². The fourth-order valence-electron chi connectivity index (χ4n) is 1.63. The van der Waals surface area contributed by atoms with Crippen LogP contribution >= 0.6 is 11.9 Å². The predicted molar refractivity (Wildman–Crippen MR) is 81.2 cm³/mol. The summed E-state index contributed by atoms with van der Waals surface area (Å²) in [5.74, 6) is -0.429. The molecule has 1 rings (SSSR count). The molecule has 0 aliphatic rings. The largest absolute Gasteiger partial charge is 0.269 e. The van der Waals surface area contributed by atoms with Crippen molar-refractivity contribution in [2.75, 3.05) is 0 Å². The summed E-state index contributed by atoms with van der Waals surface area (Å²) < 4.78 is 17.3. The number of rotatable bonds is 5. The average molecular weight is 300 g/mol. The fraction of sp³-hybridized carbons (Fsp3) is 0.571. The van der Waals surface area contributed by atoms with E-state index in [2.05, 4.69) is 4.72 Å². The molecule has 1 aromatic carbocycles. The van der Waals surface area contributed by atoms with Gasteiger partial charge in [0, 0.05) is 22.4 Å². The SMILES string of the molecule is CC[C@](C)(NSC(C)(C)C)c1cc([N+](=O)[O-])ccc1F. The number of non-ortho nitro benzene ring substituents is 1. The van der Waals surface area contributed by atoms with Gasteiger partial charge in [0.05, 0.1) is 10.5 Å². The molecule has 0 unspecified atom stereocenters. The molecule has 0 aromatic heterocycles. The van der Waals surface area contributed by atoms with Crippen molar-refractivity contribution in [2.24, 2.45) is 0 Å². The lowest BCUT2D eigenvalue weighted by molar-refractivity contribution is -0.385. The van der Waals surface area contributed by atoms with Crippen LogP contribution in [0, 0.1) is 15.9 Å². The van der Waals surface area contributed by atoms with Crippen molar-refractivity contribution in [3.8, 4) is 0 Å². The first-order valence-electron chi connectivity index (χ1n) is 6.48. The predicted octanol–water partition coefficient (Wildman–Crippen LogP) is 4.40. The van der Waals surface area contributed by atoms with E-state index in [-0.39, 0.29) is 10.4 Å². The topological polar surface area (TPSA) is 55.2 Å². The lowest BCUT2D eigenvalue weighted by Gasteiger charge is -2.33. The first kappa shape index (κ1) is 16.9. The van der Waals surface area contributed by atoms with Crippen LogP contribution in [0.3, 0.4) is 0 Å². The van der Waals surface area contributed by atoms with Gasteiger partial charge in [-0.3, -0.25) is 14.8 Å². The van der Waals surface area contributed by atoms with E-state index in [1.165, 1.54) is 24.1 Å². The van der Waals surface area contributed by atoms with Crippen molar-refractivity contribution in [1.29, 1.82) is 0 Å². The minimum Gasteiger partial charge on any atom is -0.258 e. The number of nitrogens with one attached hydrogen (secondary N) is 1. The van der Waals surface area contributed by atoms with E-state index in [9.17, 15) is 14.5 Å². The zero-order valence-corrected chi connectivity index (χ0v) is 13.3. The Balaban J connectivity index is 3.16. The van der Waals surface area contributed by atoms with Crippen LogP contribution in [-0.4, -0.2) is 9.67 Å². The molecule has 6 heteroatoms. The third kappa shape index (κ3) is 4.18. The first-order valence-corrected chi connectivity index (χ1v) is 7.30. The minimum atomic E-state index is -0.659. The smallest absolute Gasteiger partial charge is 0.258 e. The normalized spacial score (nSPS) is 14.9. The summed E-state index contributed by atoms with van der Waals surface area (Å²) >= 11 is 1.50. The van der Waals surface area contributed by atoms with Gasteiger partial charge in [-0.25, -0.2) is 4.39 Å². The Hall–Kier alpha value is -1.14. The Morgan fingerprint density at radius 3 is 2.40 bits per heavy atom. The molecule has 0 radical (unpaired) electrons. The zero-order chi connectivity index (χ0) is 15.6. The molecule has 20 heavy (non-hydrogen) atoms. The number of hydrogen-bond acceptors (Lipinski definition) is 4. The third-order valence-electron chi connectivity index (χ3n) is 3.04. The Bertz CT molecular complexity index is 502. The summed E-state index contributed by atoms with van der Waals surface area (Å²) in [4.78, 5) is 10.4. The maximum absolute atomic E-state index is 14.1. The number of nitro benzene ring substituents is 1. The molecule has 0 amide bonds. The molecular weight excluding hydrogens is 279 g/mol. The van der Waals surface area contributed by atoms with Crippen LogP contribution in [0.5, 0.6) is 0 Å². The van der Waals surface area contributed by atoms with Crippen molar-refractivity contribution in [2.45, 2.75) is 51.3 Å². The quantitative estimate of drug-likeness (QED) is 0.497. The van der Waals surface area contributed by atoms with Gasteiger partial charge in [-0.15, -0.1) is 0 Å². The van der Waals surface area contributed by atoms with Gasteiger partial charge in [0.1, 0.15) is 5.82 Å². The Labute approximate surface area is 123 Å². The molecule has 0 heterocycles. The van der Waals surface area contributed by atoms with E-state index < -0.39 is 16.3 Å². The summed E-state index contributed by atoms with van der Waals surface area (Å²) in [6.07, 6.45) is 0.619. The summed E-state index contributed by atoms with van der Waals surface area (Å²) in [6, 6.07) is 3.66. The van der Waals surface area contributed by atoms with Gasteiger partial charge in [0.25, 0.3) is 5.69 Å². The van der Waals surface area contributed by atoms with E-state index in [0.717, 1.165) is 6.07 Å². The molecule has 0 spiro atoms. The fourth-order valence-corrected chi connectivity index (χ4v) is 2.42. The number of nitro groups is 1. The number of nitrogens with zero attached hydrogens (tertiary/aromatic N) is 1. The Morgan fingerprint density at radius 1 is 1.35 bits per heavy atom. The van der Waals surface area contributed by atoms with Gasteiger partial charge in [0.15, 0.2) is 0 Å². The van der Waals surface area contributed by atoms with E-state index in [0.29, 0.717) is 12.0 Å². The Kier molecular flexibility index (Phi) is 5.15. The van der Waals surface area contributed by atoms with E-state index in [1.807, 2.05) is 34.6 Å². The average Bonchev–Trinajstić information content (AvgIpc) is 2.35. The lowest BCUT2D eigenvalue weighted by Crippen LogP contribution is -2.37. The second kappa shape index (κ2) is 6.10. The molecule has 0 fully saturated rings. The van der Waals surface area contributed by atoms with Crippen LogP contribution in [0.1, 0.15) is 46.6 Å². The molecule has 1 N–H and O–H groups in total. The van der Waals surface area contributed by atoms with Crippen LogP contribution < -0.4 is 4.72 Å². The maximum Gasteiger partial charge on any atom is 0.269 e. The van der Waals surface area contributed by atoms with Crippen LogP contribution in [0.4, 0.5) is 10.1 Å². The highest BCUT2D eigenvalue weighted by Crippen LogP contribution is 2.34. The minimum absolute atomic E-state index is 0.0341. The molecular formula is C14H21FN2O2S. The van der Waals surface area contributed by atoms with E-state index >= 15 is 0 Å². The second-order valence-corrected chi connectivity index (χ2v) is 7.56. The summed E-state index contributed by atoms with van der Waals surface area (Å²) in [7, 11) is 0. The molecule has 0 bridgehead atoms. The van der Waals surface area contributed by atoms with E-state index in [1.54, 1.807) is 0 Å². The van der Waals surface area contributed by atoms with Crippen molar-refractivity contribution in [3.63, 3.8) is 0 Å². The van der Waals surface area contributed by atoms with Gasteiger partial charge in [-0.05, 0) is 40.2 Å². The van der Waals surface area contributed by atoms with Gasteiger partial charge < -0.3 is 0 Å². The highest BCUT2D eigenvalue weighted by atomic mass is 32.2. The van der Waals surface area contributed by atoms with Crippen molar-refractivity contribution in [3.05, 3.63) is 39.7 Å². The lowest BCUT2D eigenvalue weighted by atomic mass is 9.90. The van der Waals surface area contributed by atoms with Crippen molar-refractivity contribution >= 4 is 17.6 Å². The summed E-state index contributed by atoms with van der Waals surface area (Å²) in [5.41, 5.74) is -0.428. The molecule has 4 nitrogen and oxygen atoms in total. The van der Waals surface area contributed by atoms with Crippen molar-refractivity contribution < 1.29 is 9.31 Å². The highest BCUT2D eigenvalue weighted by Gasteiger charge is 2.31. The molecule has 0 aliphatic carbocycles.